The minimum Gasteiger partial charge on any atom is -0.311 e. The average molecular weight is 817 g/mol. The van der Waals surface area contributed by atoms with Crippen molar-refractivity contribution < 1.29 is 8.42 Å². The van der Waals surface area contributed by atoms with Gasteiger partial charge in [0.25, 0.3) is 0 Å². The number of thiophene rings is 1. The molecule has 0 amide bonds. The number of sulfone groups is 1. The summed E-state index contributed by atoms with van der Waals surface area (Å²) in [6.45, 7) is 0. The van der Waals surface area contributed by atoms with Crippen LogP contribution in [0.4, 0.5) is 34.1 Å². The summed E-state index contributed by atoms with van der Waals surface area (Å²) in [4.78, 5) is 6.50. The van der Waals surface area contributed by atoms with E-state index in [0.717, 1.165) is 44.6 Å². The molecule has 0 fully saturated rings. The van der Waals surface area contributed by atoms with Crippen LogP contribution in [0.3, 0.4) is 0 Å². The van der Waals surface area contributed by atoms with Gasteiger partial charge in [-0.1, -0.05) is 97.1 Å². The predicted molar refractivity (Wildman–Crippen MR) is 216 cm³/mol. The summed E-state index contributed by atoms with van der Waals surface area (Å²) in [5.74, 6) is 0. The summed E-state index contributed by atoms with van der Waals surface area (Å²) < 4.78 is 29.7. The first-order chi connectivity index (χ1) is 24.4. The van der Waals surface area contributed by atoms with Gasteiger partial charge in [0.15, 0.2) is 0 Å². The van der Waals surface area contributed by atoms with Crippen molar-refractivity contribution in [2.75, 3.05) is 9.80 Å². The van der Waals surface area contributed by atoms with Crippen LogP contribution in [0.2, 0.25) is 0 Å². The number of nitrogens with zero attached hydrogens (tertiary/aromatic N) is 2. The molecule has 0 bridgehead atoms. The molecule has 8 heteroatoms. The van der Waals surface area contributed by atoms with Crippen molar-refractivity contribution in [2.45, 2.75) is 4.90 Å². The van der Waals surface area contributed by atoms with Gasteiger partial charge in [0, 0.05) is 34.1 Å². The van der Waals surface area contributed by atoms with Crippen molar-refractivity contribution in [1.82, 2.24) is 0 Å². The van der Waals surface area contributed by atoms with Crippen molar-refractivity contribution in [2.24, 2.45) is 0 Å². The molecule has 8 rings (SSSR count). The van der Waals surface area contributed by atoms with Crippen LogP contribution in [0.1, 0.15) is 10.4 Å². The van der Waals surface area contributed by atoms with Gasteiger partial charge in [-0.15, -0.1) is 11.3 Å². The minimum atomic E-state index is -3.82. The van der Waals surface area contributed by atoms with Crippen LogP contribution in [0.15, 0.2) is 179 Å². The van der Waals surface area contributed by atoms with E-state index in [1.54, 1.807) is 0 Å². The first-order valence-electron chi connectivity index (χ1n) is 15.9. The molecule has 0 spiro atoms. The first-order valence-corrected chi connectivity index (χ1v) is 19.8. The summed E-state index contributed by atoms with van der Waals surface area (Å²) >= 11 is 8.89. The highest BCUT2D eigenvalue weighted by atomic mass is 79.9. The second-order valence-electron chi connectivity index (χ2n) is 11.7. The number of anilines is 6. The molecular weight excluding hydrogens is 788 g/mol. The van der Waals surface area contributed by atoms with Gasteiger partial charge in [0.05, 0.1) is 23.6 Å². The third kappa shape index (κ3) is 5.82. The van der Waals surface area contributed by atoms with E-state index in [-0.39, 0.29) is 4.91 Å². The lowest BCUT2D eigenvalue weighted by Gasteiger charge is -2.25. The fourth-order valence-electron chi connectivity index (χ4n) is 6.30. The summed E-state index contributed by atoms with van der Waals surface area (Å²) in [5, 5.41) is 0. The van der Waals surface area contributed by atoms with E-state index in [4.69, 9.17) is 0 Å². The first kappa shape index (κ1) is 32.5. The molecule has 1 aliphatic rings. The summed E-state index contributed by atoms with van der Waals surface area (Å²) in [6.07, 6.45) is 0. The van der Waals surface area contributed by atoms with E-state index in [9.17, 15) is 8.42 Å². The number of benzene rings is 6. The summed E-state index contributed by atoms with van der Waals surface area (Å²) in [5.41, 5.74) is 7.63. The molecule has 0 atom stereocenters. The number of hydrogen-bond acceptors (Lipinski definition) is 5. The lowest BCUT2D eigenvalue weighted by molar-refractivity contribution is 0.606. The van der Waals surface area contributed by atoms with Crippen molar-refractivity contribution in [1.29, 1.82) is 0 Å². The van der Waals surface area contributed by atoms with Crippen LogP contribution in [-0.4, -0.2) is 8.42 Å². The SMILES string of the molecule is O=S1(=O)C(c2ccc(N(c3ccccc3)c3ccccc3)cc2)=C(Br)c2sc(-c3ccc(N(c4ccccc4)c4ccccc4)cc3)c(Br)c21. The molecule has 1 aliphatic heterocycles. The van der Waals surface area contributed by atoms with Gasteiger partial charge in [0.2, 0.25) is 9.84 Å². The molecule has 0 saturated heterocycles. The molecule has 0 aliphatic carbocycles. The molecule has 244 valence electrons. The standard InChI is InChI=1S/C42H28Br2N2O2S2/c43-37-39(29-21-25-35(26-22-29)45(31-13-5-1-6-14-31)32-15-7-2-8-16-32)49-40-38(44)41(50(47,48)42(37)40)30-23-27-36(28-24-30)46(33-17-9-3-10-18-33)34-19-11-4-12-20-34/h1-28H. The maximum atomic E-state index is 14.3. The number of rotatable bonds is 8. The van der Waals surface area contributed by atoms with Gasteiger partial charge >= 0.3 is 0 Å². The number of para-hydroxylation sites is 4. The van der Waals surface area contributed by atoms with E-state index in [1.807, 2.05) is 97.1 Å². The highest BCUT2D eigenvalue weighted by Gasteiger charge is 2.41. The predicted octanol–water partition coefficient (Wildman–Crippen LogP) is 13.1. The van der Waals surface area contributed by atoms with Crippen molar-refractivity contribution in [3.8, 4) is 10.4 Å². The lowest BCUT2D eigenvalue weighted by atomic mass is 10.1. The van der Waals surface area contributed by atoms with Crippen LogP contribution < -0.4 is 9.80 Å². The van der Waals surface area contributed by atoms with Crippen LogP contribution in [-0.2, 0) is 9.84 Å². The largest absolute Gasteiger partial charge is 0.311 e. The Morgan fingerprint density at radius 1 is 0.420 bits per heavy atom. The molecule has 0 N–H and O–H groups in total. The van der Waals surface area contributed by atoms with Crippen molar-refractivity contribution in [3.05, 3.63) is 185 Å². The Balaban J connectivity index is 1.13. The topological polar surface area (TPSA) is 40.6 Å². The van der Waals surface area contributed by atoms with Gasteiger partial charge in [0.1, 0.15) is 4.90 Å². The van der Waals surface area contributed by atoms with E-state index < -0.39 is 9.84 Å². The van der Waals surface area contributed by atoms with E-state index in [2.05, 4.69) is 114 Å². The zero-order valence-electron chi connectivity index (χ0n) is 26.4. The average Bonchev–Trinajstić information content (AvgIpc) is 3.61. The molecule has 0 saturated carbocycles. The molecule has 6 aromatic carbocycles. The molecule has 4 nitrogen and oxygen atoms in total. The Hall–Kier alpha value is -4.73. The van der Waals surface area contributed by atoms with Crippen molar-refractivity contribution >= 4 is 96.5 Å². The van der Waals surface area contributed by atoms with Crippen LogP contribution >= 0.6 is 43.2 Å². The molecule has 7 aromatic rings. The zero-order valence-corrected chi connectivity index (χ0v) is 31.3. The number of hydrogen-bond donors (Lipinski definition) is 0. The second kappa shape index (κ2) is 13.5. The Labute approximate surface area is 312 Å². The lowest BCUT2D eigenvalue weighted by Crippen LogP contribution is -2.09. The van der Waals surface area contributed by atoms with Gasteiger partial charge < -0.3 is 9.80 Å². The van der Waals surface area contributed by atoms with Crippen LogP contribution in [0, 0.1) is 0 Å². The van der Waals surface area contributed by atoms with Gasteiger partial charge in [-0.05, 0) is 116 Å². The Bertz CT molecular complexity index is 2360. The fourth-order valence-corrected chi connectivity index (χ4v) is 12.5. The van der Waals surface area contributed by atoms with E-state index in [1.165, 1.54) is 11.3 Å². The molecule has 2 heterocycles. The second-order valence-corrected chi connectivity index (χ2v) is 16.1. The normalized spacial score (nSPS) is 13.2. The number of halogens is 2. The van der Waals surface area contributed by atoms with Crippen LogP contribution in [0.25, 0.3) is 19.8 Å². The highest BCUT2D eigenvalue weighted by molar-refractivity contribution is 9.15. The molecule has 0 radical (unpaired) electrons. The Morgan fingerprint density at radius 2 is 0.760 bits per heavy atom. The fraction of sp³-hybridized carbons (Fsp3) is 0. The molecule has 1 aromatic heterocycles. The third-order valence-electron chi connectivity index (χ3n) is 8.58. The third-order valence-corrected chi connectivity index (χ3v) is 14.5. The molecule has 50 heavy (non-hydrogen) atoms. The molecular formula is C42H28Br2N2O2S2. The quantitative estimate of drug-likeness (QED) is 0.153. The van der Waals surface area contributed by atoms with E-state index >= 15 is 0 Å². The van der Waals surface area contributed by atoms with Gasteiger partial charge in [-0.3, -0.25) is 0 Å². The maximum absolute atomic E-state index is 14.3. The Morgan fingerprint density at radius 3 is 1.12 bits per heavy atom. The summed E-state index contributed by atoms with van der Waals surface area (Å²) in [7, 11) is -3.82. The van der Waals surface area contributed by atoms with Crippen molar-refractivity contribution in [3.63, 3.8) is 0 Å². The molecule has 0 unspecified atom stereocenters. The Kier molecular flexibility index (Phi) is 8.79. The maximum Gasteiger partial charge on any atom is 0.210 e. The monoisotopic (exact) mass is 814 g/mol. The smallest absolute Gasteiger partial charge is 0.210 e. The summed E-state index contributed by atoms with van der Waals surface area (Å²) in [6, 6.07) is 56.7. The number of fused-ring (bicyclic) bond motifs is 1. The van der Waals surface area contributed by atoms with E-state index in [0.29, 0.717) is 24.3 Å². The minimum absolute atomic E-state index is 0.278. The zero-order chi connectivity index (χ0) is 34.2. The van der Waals surface area contributed by atoms with Crippen LogP contribution in [0.5, 0.6) is 0 Å². The van der Waals surface area contributed by atoms with Gasteiger partial charge in [-0.2, -0.15) is 0 Å². The highest BCUT2D eigenvalue weighted by Crippen LogP contribution is 2.56. The van der Waals surface area contributed by atoms with Gasteiger partial charge in [-0.25, -0.2) is 8.42 Å².